The van der Waals surface area contributed by atoms with Gasteiger partial charge in [-0.3, -0.25) is 4.79 Å². The van der Waals surface area contributed by atoms with Gasteiger partial charge in [-0.05, 0) is 69.0 Å². The summed E-state index contributed by atoms with van der Waals surface area (Å²) in [4.78, 5) is 19.8. The van der Waals surface area contributed by atoms with E-state index in [0.29, 0.717) is 18.4 Å². The van der Waals surface area contributed by atoms with Crippen LogP contribution in [-0.4, -0.2) is 48.6 Å². The molecule has 0 aliphatic carbocycles. The van der Waals surface area contributed by atoms with Gasteiger partial charge < -0.3 is 15.0 Å². The molecular weight excluding hydrogens is 370 g/mol. The zero-order valence-electron chi connectivity index (χ0n) is 16.5. The molecule has 4 rings (SSSR count). The van der Waals surface area contributed by atoms with Crippen molar-refractivity contribution in [2.24, 2.45) is 5.92 Å². The third-order valence-electron chi connectivity index (χ3n) is 6.02. The summed E-state index contributed by atoms with van der Waals surface area (Å²) < 4.78 is 5.20. The van der Waals surface area contributed by atoms with E-state index < -0.39 is 0 Å². The number of benzene rings is 1. The molecule has 1 amide bonds. The minimum atomic E-state index is 0.0829. The number of carbonyl (C=O) groups is 1. The van der Waals surface area contributed by atoms with Gasteiger partial charge in [0.15, 0.2) is 0 Å². The van der Waals surface area contributed by atoms with E-state index >= 15 is 0 Å². The molecule has 150 valence electrons. The third kappa shape index (κ3) is 4.55. The molecule has 1 N–H and O–H groups in total. The summed E-state index contributed by atoms with van der Waals surface area (Å²) in [7, 11) is 1.66. The van der Waals surface area contributed by atoms with Crippen LogP contribution in [0.15, 0.2) is 29.6 Å². The summed E-state index contributed by atoms with van der Waals surface area (Å²) >= 11 is 1.58. The van der Waals surface area contributed by atoms with E-state index in [4.69, 9.17) is 4.74 Å². The highest BCUT2D eigenvalue weighted by atomic mass is 32.1. The van der Waals surface area contributed by atoms with Gasteiger partial charge in [0.1, 0.15) is 10.8 Å². The Morgan fingerprint density at radius 1 is 1.21 bits per heavy atom. The fourth-order valence-electron chi connectivity index (χ4n) is 4.54. The zero-order chi connectivity index (χ0) is 19.3. The van der Waals surface area contributed by atoms with Crippen LogP contribution in [0.5, 0.6) is 5.75 Å². The summed E-state index contributed by atoms with van der Waals surface area (Å²) in [5.74, 6) is 1.52. The van der Waals surface area contributed by atoms with Crippen molar-refractivity contribution in [2.45, 2.75) is 44.6 Å². The Hall–Kier alpha value is -1.92. The Morgan fingerprint density at radius 3 is 2.86 bits per heavy atom. The van der Waals surface area contributed by atoms with Crippen molar-refractivity contribution >= 4 is 17.2 Å². The number of rotatable bonds is 6. The second-order valence-electron chi connectivity index (χ2n) is 7.85. The molecule has 28 heavy (non-hydrogen) atoms. The maximum absolute atomic E-state index is 12.5. The Bertz CT molecular complexity index is 787. The van der Waals surface area contributed by atoms with Gasteiger partial charge in [-0.25, -0.2) is 4.98 Å². The van der Waals surface area contributed by atoms with Crippen LogP contribution in [-0.2, 0) is 11.2 Å². The quantitative estimate of drug-likeness (QED) is 0.804. The molecule has 2 aliphatic rings. The molecule has 0 radical (unpaired) electrons. The van der Waals surface area contributed by atoms with Crippen molar-refractivity contribution in [3.05, 3.63) is 35.3 Å². The van der Waals surface area contributed by atoms with Gasteiger partial charge in [0, 0.05) is 23.5 Å². The largest absolute Gasteiger partial charge is 0.497 e. The van der Waals surface area contributed by atoms with Crippen molar-refractivity contribution < 1.29 is 9.53 Å². The van der Waals surface area contributed by atoms with E-state index in [1.807, 2.05) is 29.6 Å². The molecule has 0 bridgehead atoms. The summed E-state index contributed by atoms with van der Waals surface area (Å²) in [6.07, 6.45) is 6.80. The van der Waals surface area contributed by atoms with Crippen LogP contribution in [0, 0.1) is 5.92 Å². The van der Waals surface area contributed by atoms with Crippen LogP contribution in [0.2, 0.25) is 0 Å². The van der Waals surface area contributed by atoms with Crippen molar-refractivity contribution in [3.63, 3.8) is 0 Å². The normalized spacial score (nSPS) is 22.5. The average molecular weight is 400 g/mol. The highest BCUT2D eigenvalue weighted by Crippen LogP contribution is 2.30. The Balaban J connectivity index is 1.29. The van der Waals surface area contributed by atoms with E-state index in [9.17, 15) is 4.79 Å². The van der Waals surface area contributed by atoms with Gasteiger partial charge in [0.25, 0.3) is 0 Å². The van der Waals surface area contributed by atoms with E-state index in [1.165, 1.54) is 45.2 Å². The smallest absolute Gasteiger partial charge is 0.226 e. The number of carbonyl (C=O) groups excluding carboxylic acids is 1. The van der Waals surface area contributed by atoms with Crippen molar-refractivity contribution in [1.29, 1.82) is 0 Å². The molecule has 0 spiro atoms. The lowest BCUT2D eigenvalue weighted by Crippen LogP contribution is -2.51. The lowest BCUT2D eigenvalue weighted by atomic mass is 9.83. The molecule has 3 heterocycles. The van der Waals surface area contributed by atoms with Crippen LogP contribution in [0.4, 0.5) is 0 Å². The SMILES string of the molecule is COc1ccc(-c2nc(CC(=O)NC[C@@H]3CCCN4CCCCC34)cs2)cc1. The summed E-state index contributed by atoms with van der Waals surface area (Å²) in [6, 6.07) is 8.54. The number of methoxy groups -OCH3 is 1. The Labute approximate surface area is 171 Å². The fourth-order valence-corrected chi connectivity index (χ4v) is 5.37. The standard InChI is InChI=1S/C22H29N3O2S/c1-27-19-9-7-16(8-10-19)22-24-18(15-28-22)13-21(26)23-14-17-5-4-12-25-11-3-2-6-20(17)25/h7-10,15,17,20H,2-6,11-14H2,1H3,(H,23,26)/t17-,20?/m0/s1. The number of nitrogens with zero attached hydrogens (tertiary/aromatic N) is 2. The number of fused-ring (bicyclic) bond motifs is 1. The second kappa shape index (κ2) is 9.05. The molecule has 6 heteroatoms. The van der Waals surface area contributed by atoms with Crippen molar-refractivity contribution in [1.82, 2.24) is 15.2 Å². The van der Waals surface area contributed by atoms with E-state index in [1.54, 1.807) is 18.4 Å². The highest BCUT2D eigenvalue weighted by molar-refractivity contribution is 7.13. The monoisotopic (exact) mass is 399 g/mol. The van der Waals surface area contributed by atoms with Crippen molar-refractivity contribution in [2.75, 3.05) is 26.7 Å². The number of piperidine rings is 2. The third-order valence-corrected chi connectivity index (χ3v) is 6.96. The van der Waals surface area contributed by atoms with E-state index in [-0.39, 0.29) is 5.91 Å². The first-order valence-electron chi connectivity index (χ1n) is 10.3. The minimum Gasteiger partial charge on any atom is -0.497 e. The second-order valence-corrected chi connectivity index (χ2v) is 8.71. The minimum absolute atomic E-state index is 0.0829. The van der Waals surface area contributed by atoms with Crippen LogP contribution in [0.25, 0.3) is 10.6 Å². The highest BCUT2D eigenvalue weighted by Gasteiger charge is 2.32. The lowest BCUT2D eigenvalue weighted by Gasteiger charge is -2.44. The first-order valence-corrected chi connectivity index (χ1v) is 11.2. The fraction of sp³-hybridized carbons (Fsp3) is 0.545. The van der Waals surface area contributed by atoms with Gasteiger partial charge in [-0.2, -0.15) is 0 Å². The maximum Gasteiger partial charge on any atom is 0.226 e. The number of hydrogen-bond acceptors (Lipinski definition) is 5. The number of ether oxygens (including phenoxy) is 1. The van der Waals surface area contributed by atoms with Gasteiger partial charge in [-0.15, -0.1) is 11.3 Å². The van der Waals surface area contributed by atoms with Gasteiger partial charge in [0.05, 0.1) is 19.2 Å². The molecule has 1 aromatic carbocycles. The first-order chi connectivity index (χ1) is 13.7. The molecule has 2 atom stereocenters. The van der Waals surface area contributed by atoms with Gasteiger partial charge in [-0.1, -0.05) is 6.42 Å². The summed E-state index contributed by atoms with van der Waals surface area (Å²) in [5, 5.41) is 6.11. The topological polar surface area (TPSA) is 54.5 Å². The number of thiazole rings is 1. The number of amides is 1. The zero-order valence-corrected chi connectivity index (χ0v) is 17.3. The van der Waals surface area contributed by atoms with Gasteiger partial charge in [0.2, 0.25) is 5.91 Å². The van der Waals surface area contributed by atoms with Crippen LogP contribution in [0.1, 0.15) is 37.8 Å². The molecule has 1 aromatic heterocycles. The number of aromatic nitrogens is 1. The molecule has 2 saturated heterocycles. The molecule has 0 saturated carbocycles. The lowest BCUT2D eigenvalue weighted by molar-refractivity contribution is -0.120. The molecule has 2 aromatic rings. The molecular formula is C22H29N3O2S. The molecule has 5 nitrogen and oxygen atoms in total. The average Bonchev–Trinajstić information content (AvgIpc) is 3.20. The number of hydrogen-bond donors (Lipinski definition) is 1. The summed E-state index contributed by atoms with van der Waals surface area (Å²) in [5.41, 5.74) is 1.90. The van der Waals surface area contributed by atoms with Gasteiger partial charge >= 0.3 is 0 Å². The van der Waals surface area contributed by atoms with Crippen molar-refractivity contribution in [3.8, 4) is 16.3 Å². The van der Waals surface area contributed by atoms with E-state index in [0.717, 1.165) is 28.6 Å². The van der Waals surface area contributed by atoms with E-state index in [2.05, 4.69) is 15.2 Å². The predicted octanol–water partition coefficient (Wildman–Crippen LogP) is 3.74. The van der Waals surface area contributed by atoms with Crippen LogP contribution < -0.4 is 10.1 Å². The van der Waals surface area contributed by atoms with Crippen LogP contribution in [0.3, 0.4) is 0 Å². The predicted molar refractivity (Wildman–Crippen MR) is 113 cm³/mol. The first kappa shape index (κ1) is 19.4. The summed E-state index contributed by atoms with van der Waals surface area (Å²) in [6.45, 7) is 3.28. The Kier molecular flexibility index (Phi) is 6.27. The molecule has 2 fully saturated rings. The molecule has 1 unspecified atom stereocenters. The Morgan fingerprint density at radius 2 is 2.04 bits per heavy atom. The maximum atomic E-state index is 12.5. The molecule has 2 aliphatic heterocycles. The number of nitrogens with one attached hydrogen (secondary N) is 1. The van der Waals surface area contributed by atoms with Crippen LogP contribution >= 0.6 is 11.3 Å².